The molecule has 0 aliphatic rings. The Morgan fingerprint density at radius 2 is 1.67 bits per heavy atom. The van der Waals surface area contributed by atoms with Crippen molar-refractivity contribution >= 4 is 5.65 Å². The lowest BCUT2D eigenvalue weighted by molar-refractivity contribution is -0.137. The summed E-state index contributed by atoms with van der Waals surface area (Å²) in [5.74, 6) is -0.431. The first-order valence-corrected chi connectivity index (χ1v) is 9.14. The molecule has 0 spiro atoms. The van der Waals surface area contributed by atoms with Crippen LogP contribution in [0.4, 0.5) is 17.6 Å². The average Bonchev–Trinajstić information content (AvgIpc) is 2.72. The first kappa shape index (κ1) is 19.8. The number of halogens is 4. The molecule has 30 heavy (non-hydrogen) atoms. The number of hydrogen-bond acceptors (Lipinski definition) is 3. The highest BCUT2D eigenvalue weighted by atomic mass is 19.4. The Morgan fingerprint density at radius 1 is 0.967 bits per heavy atom. The second-order valence-corrected chi connectivity index (χ2v) is 6.66. The quantitative estimate of drug-likeness (QED) is 0.437. The fourth-order valence-electron chi connectivity index (χ4n) is 3.23. The molecule has 0 aliphatic heterocycles. The van der Waals surface area contributed by atoms with Crippen LogP contribution in [0.25, 0.3) is 28.0 Å². The Balaban J connectivity index is 1.89. The maximum Gasteiger partial charge on any atom is 0.416 e. The van der Waals surface area contributed by atoms with Crippen molar-refractivity contribution in [3.63, 3.8) is 0 Å². The van der Waals surface area contributed by atoms with Crippen LogP contribution in [-0.2, 0) is 12.6 Å². The lowest BCUT2D eigenvalue weighted by Crippen LogP contribution is -2.19. The zero-order chi connectivity index (χ0) is 21.5. The number of aryl methyl sites for hydroxylation is 1. The van der Waals surface area contributed by atoms with Crippen molar-refractivity contribution in [3.8, 4) is 22.4 Å². The third-order valence-electron chi connectivity index (χ3n) is 4.73. The highest BCUT2D eigenvalue weighted by Crippen LogP contribution is 2.31. The van der Waals surface area contributed by atoms with Gasteiger partial charge in [0.25, 0.3) is 5.56 Å². The van der Waals surface area contributed by atoms with Crippen molar-refractivity contribution in [2.45, 2.75) is 19.5 Å². The molecule has 0 bridgehead atoms. The van der Waals surface area contributed by atoms with Crippen LogP contribution in [0.1, 0.15) is 18.2 Å². The normalized spacial score (nSPS) is 11.8. The van der Waals surface area contributed by atoms with E-state index in [-0.39, 0.29) is 11.3 Å². The van der Waals surface area contributed by atoms with Gasteiger partial charge in [-0.05, 0) is 30.7 Å². The van der Waals surface area contributed by atoms with Crippen molar-refractivity contribution in [2.75, 3.05) is 0 Å². The topological polar surface area (TPSA) is 47.3 Å². The van der Waals surface area contributed by atoms with Crippen molar-refractivity contribution in [1.82, 2.24) is 14.6 Å². The molecule has 2 aromatic heterocycles. The Labute approximate surface area is 168 Å². The Hall–Kier alpha value is -3.55. The molecule has 2 aromatic carbocycles. The van der Waals surface area contributed by atoms with Gasteiger partial charge < -0.3 is 0 Å². The van der Waals surface area contributed by atoms with Gasteiger partial charge in [0.15, 0.2) is 5.65 Å². The minimum absolute atomic E-state index is 0.174. The van der Waals surface area contributed by atoms with Crippen LogP contribution in [0.15, 0.2) is 65.5 Å². The summed E-state index contributed by atoms with van der Waals surface area (Å²) in [5.41, 5.74) is 0.829. The molecular weight excluding hydrogens is 398 g/mol. The number of alkyl halides is 3. The minimum Gasteiger partial charge on any atom is -0.267 e. The highest BCUT2D eigenvalue weighted by molar-refractivity contribution is 5.71. The van der Waals surface area contributed by atoms with E-state index >= 15 is 0 Å². The molecule has 4 rings (SSSR count). The SMILES string of the molecule is CCc1nn2c(=O)cc(-c3ccc(C(F)(F)F)cc3)nc2cc1-c1ccccc1F. The van der Waals surface area contributed by atoms with Gasteiger partial charge in [-0.25, -0.2) is 9.37 Å². The number of rotatable bonds is 3. The van der Waals surface area contributed by atoms with Crippen LogP contribution < -0.4 is 5.56 Å². The van der Waals surface area contributed by atoms with Gasteiger partial charge in [-0.15, -0.1) is 0 Å². The van der Waals surface area contributed by atoms with E-state index in [1.165, 1.54) is 24.3 Å². The van der Waals surface area contributed by atoms with E-state index in [4.69, 9.17) is 0 Å². The van der Waals surface area contributed by atoms with Gasteiger partial charge in [-0.1, -0.05) is 37.3 Å². The van der Waals surface area contributed by atoms with E-state index in [9.17, 15) is 22.4 Å². The van der Waals surface area contributed by atoms with E-state index in [2.05, 4.69) is 10.1 Å². The third-order valence-corrected chi connectivity index (χ3v) is 4.73. The van der Waals surface area contributed by atoms with Gasteiger partial charge in [0.05, 0.1) is 17.0 Å². The molecule has 152 valence electrons. The summed E-state index contributed by atoms with van der Waals surface area (Å²) in [6.45, 7) is 1.84. The zero-order valence-corrected chi connectivity index (χ0v) is 15.7. The average molecular weight is 413 g/mol. The molecule has 4 aromatic rings. The predicted molar refractivity (Wildman–Crippen MR) is 104 cm³/mol. The van der Waals surface area contributed by atoms with Crippen LogP contribution in [0.5, 0.6) is 0 Å². The molecule has 4 nitrogen and oxygen atoms in total. The molecule has 0 amide bonds. The van der Waals surface area contributed by atoms with Gasteiger partial charge in [-0.2, -0.15) is 22.8 Å². The van der Waals surface area contributed by atoms with Crippen molar-refractivity contribution in [2.24, 2.45) is 0 Å². The summed E-state index contributed by atoms with van der Waals surface area (Å²) < 4.78 is 53.8. The number of nitrogens with zero attached hydrogens (tertiary/aromatic N) is 3. The zero-order valence-electron chi connectivity index (χ0n) is 15.7. The lowest BCUT2D eigenvalue weighted by Gasteiger charge is -2.12. The van der Waals surface area contributed by atoms with Crippen LogP contribution >= 0.6 is 0 Å². The van der Waals surface area contributed by atoms with E-state index in [0.29, 0.717) is 28.8 Å². The monoisotopic (exact) mass is 413 g/mol. The standard InChI is InChI=1S/C22H15F4N3O/c1-2-18-16(15-5-3-4-6-17(15)23)11-20-27-19(12-21(30)29(20)28-18)13-7-9-14(10-8-13)22(24,25)26/h3-12H,2H2,1H3. The van der Waals surface area contributed by atoms with Crippen LogP contribution in [0, 0.1) is 5.82 Å². The number of benzene rings is 2. The molecule has 0 fully saturated rings. The van der Waals surface area contributed by atoms with Crippen molar-refractivity contribution < 1.29 is 17.6 Å². The molecular formula is C22H15F4N3O. The van der Waals surface area contributed by atoms with Gasteiger partial charge in [0.1, 0.15) is 5.82 Å². The predicted octanol–water partition coefficient (Wildman–Crippen LogP) is 5.14. The second kappa shape index (κ2) is 7.37. The van der Waals surface area contributed by atoms with E-state index in [1.54, 1.807) is 24.3 Å². The highest BCUT2D eigenvalue weighted by Gasteiger charge is 2.30. The van der Waals surface area contributed by atoms with Gasteiger partial charge in [-0.3, -0.25) is 4.79 Å². The Bertz CT molecular complexity index is 1290. The van der Waals surface area contributed by atoms with Gasteiger partial charge >= 0.3 is 6.18 Å². The van der Waals surface area contributed by atoms with Crippen LogP contribution in [0.3, 0.4) is 0 Å². The van der Waals surface area contributed by atoms with E-state index in [1.807, 2.05) is 6.92 Å². The summed E-state index contributed by atoms with van der Waals surface area (Å²) in [6.07, 6.45) is -3.99. The molecule has 0 saturated carbocycles. The lowest BCUT2D eigenvalue weighted by atomic mass is 10.0. The minimum atomic E-state index is -4.45. The number of hydrogen-bond donors (Lipinski definition) is 0. The molecule has 0 radical (unpaired) electrons. The third kappa shape index (κ3) is 3.56. The number of fused-ring (bicyclic) bond motifs is 1. The summed E-state index contributed by atoms with van der Waals surface area (Å²) in [6, 6.07) is 13.4. The maximum atomic E-state index is 14.3. The Morgan fingerprint density at radius 3 is 2.30 bits per heavy atom. The largest absolute Gasteiger partial charge is 0.416 e. The van der Waals surface area contributed by atoms with Crippen LogP contribution in [-0.4, -0.2) is 14.6 Å². The smallest absolute Gasteiger partial charge is 0.267 e. The fraction of sp³-hybridized carbons (Fsp3) is 0.136. The van der Waals surface area contributed by atoms with E-state index in [0.717, 1.165) is 16.6 Å². The van der Waals surface area contributed by atoms with Crippen molar-refractivity contribution in [3.05, 3.63) is 88.1 Å². The van der Waals surface area contributed by atoms with E-state index < -0.39 is 23.1 Å². The first-order valence-electron chi connectivity index (χ1n) is 9.14. The summed E-state index contributed by atoms with van der Waals surface area (Å²) in [7, 11) is 0. The van der Waals surface area contributed by atoms with Crippen LogP contribution in [0.2, 0.25) is 0 Å². The van der Waals surface area contributed by atoms with Crippen molar-refractivity contribution in [1.29, 1.82) is 0 Å². The summed E-state index contributed by atoms with van der Waals surface area (Å²) in [4.78, 5) is 17.0. The maximum absolute atomic E-state index is 14.3. The molecule has 2 heterocycles. The summed E-state index contributed by atoms with van der Waals surface area (Å²) in [5, 5.41) is 4.32. The molecule has 0 unspecified atom stereocenters. The molecule has 0 N–H and O–H groups in total. The molecule has 0 aliphatic carbocycles. The molecule has 0 atom stereocenters. The summed E-state index contributed by atoms with van der Waals surface area (Å²) >= 11 is 0. The molecule has 0 saturated heterocycles. The number of aromatic nitrogens is 3. The fourth-order valence-corrected chi connectivity index (χ4v) is 3.23. The Kier molecular flexibility index (Phi) is 4.85. The molecule has 8 heteroatoms. The van der Waals surface area contributed by atoms with Gasteiger partial charge in [0, 0.05) is 22.8 Å². The first-order chi connectivity index (χ1) is 14.3. The van der Waals surface area contributed by atoms with Gasteiger partial charge in [0.2, 0.25) is 0 Å². The second-order valence-electron chi connectivity index (χ2n) is 6.66.